The zero-order chi connectivity index (χ0) is 21.3. The van der Waals surface area contributed by atoms with Gasteiger partial charge in [-0.3, -0.25) is 9.88 Å². The molecule has 4 rings (SSSR count). The minimum atomic E-state index is -0.0836. The number of carbonyl (C=O) groups excluding carboxylic acids is 1. The summed E-state index contributed by atoms with van der Waals surface area (Å²) in [5, 5.41) is 2.82. The molecule has 1 unspecified atom stereocenters. The average Bonchev–Trinajstić information content (AvgIpc) is 3.34. The van der Waals surface area contributed by atoms with Crippen molar-refractivity contribution in [2.24, 2.45) is 7.05 Å². The van der Waals surface area contributed by atoms with E-state index >= 15 is 0 Å². The first-order valence-electron chi connectivity index (χ1n) is 10.4. The molecule has 0 radical (unpaired) electrons. The average molecular weight is 405 g/mol. The molecule has 7 heteroatoms. The van der Waals surface area contributed by atoms with Gasteiger partial charge in [-0.15, -0.1) is 0 Å². The molecule has 156 valence electrons. The lowest BCUT2D eigenvalue weighted by Gasteiger charge is -2.17. The second kappa shape index (κ2) is 8.26. The third-order valence-electron chi connectivity index (χ3n) is 5.75. The second-order valence-corrected chi connectivity index (χ2v) is 8.20. The number of carbonyl (C=O) groups is 1. The zero-order valence-corrected chi connectivity index (χ0v) is 18.0. The van der Waals surface area contributed by atoms with Gasteiger partial charge in [0.15, 0.2) is 5.82 Å². The molecule has 0 aromatic carbocycles. The first-order chi connectivity index (χ1) is 14.4. The summed E-state index contributed by atoms with van der Waals surface area (Å²) in [4.78, 5) is 27.2. The highest BCUT2D eigenvalue weighted by atomic mass is 16.2. The molecule has 2 amide bonds. The molecule has 1 fully saturated rings. The topological polar surface area (TPSA) is 75.9 Å². The van der Waals surface area contributed by atoms with Crippen molar-refractivity contribution in [1.82, 2.24) is 24.8 Å². The number of urea groups is 1. The molecule has 0 bridgehead atoms. The molecule has 3 aromatic heterocycles. The zero-order valence-electron chi connectivity index (χ0n) is 18.0. The van der Waals surface area contributed by atoms with Crippen molar-refractivity contribution in [3.05, 3.63) is 59.7 Å². The van der Waals surface area contributed by atoms with Gasteiger partial charge in [-0.05, 0) is 53.6 Å². The molecule has 3 aromatic rings. The minimum Gasteiger partial charge on any atom is -0.336 e. The number of pyridine rings is 2. The number of amides is 2. The number of hydrogen-bond donors (Lipinski definition) is 1. The number of aromatic nitrogens is 4. The van der Waals surface area contributed by atoms with Crippen molar-refractivity contribution >= 4 is 11.8 Å². The molecule has 0 saturated carbocycles. The van der Waals surface area contributed by atoms with Crippen LogP contribution in [0.25, 0.3) is 11.5 Å². The number of nitrogens with one attached hydrogen (secondary N) is 1. The summed E-state index contributed by atoms with van der Waals surface area (Å²) in [6.45, 7) is 7.85. The van der Waals surface area contributed by atoms with Crippen LogP contribution < -0.4 is 10.2 Å². The Balaban J connectivity index is 1.54. The fraction of sp³-hybridized carbons (Fsp3) is 0.391. The molecule has 7 nitrogen and oxygen atoms in total. The molecule has 1 aliphatic rings. The summed E-state index contributed by atoms with van der Waals surface area (Å²) in [6, 6.07) is 8.13. The minimum absolute atomic E-state index is 0.0836. The molecule has 1 N–H and O–H groups in total. The molecular formula is C23H28N6O. The monoisotopic (exact) mass is 404 g/mol. The van der Waals surface area contributed by atoms with Crippen LogP contribution in [0.5, 0.6) is 0 Å². The largest absolute Gasteiger partial charge is 0.336 e. The second-order valence-electron chi connectivity index (χ2n) is 8.20. The van der Waals surface area contributed by atoms with Crippen LogP contribution in [-0.4, -0.2) is 38.6 Å². The summed E-state index contributed by atoms with van der Waals surface area (Å²) < 4.78 is 2.12. The quantitative estimate of drug-likeness (QED) is 0.677. The summed E-state index contributed by atoms with van der Waals surface area (Å²) in [6.07, 6.45) is 6.41. The first kappa shape index (κ1) is 20.1. The maximum absolute atomic E-state index is 12.0. The van der Waals surface area contributed by atoms with E-state index in [0.29, 0.717) is 24.8 Å². The van der Waals surface area contributed by atoms with Gasteiger partial charge >= 0.3 is 6.03 Å². The Morgan fingerprint density at radius 2 is 1.83 bits per heavy atom. The number of anilines is 1. The summed E-state index contributed by atoms with van der Waals surface area (Å²) >= 11 is 0. The fourth-order valence-electron chi connectivity index (χ4n) is 3.81. The van der Waals surface area contributed by atoms with Gasteiger partial charge in [0.1, 0.15) is 11.5 Å². The van der Waals surface area contributed by atoms with Crippen molar-refractivity contribution in [2.45, 2.75) is 39.0 Å². The Morgan fingerprint density at radius 3 is 2.57 bits per heavy atom. The Kier molecular flexibility index (Phi) is 5.53. The lowest BCUT2D eigenvalue weighted by molar-refractivity contribution is 0.252. The van der Waals surface area contributed by atoms with Gasteiger partial charge in [0, 0.05) is 44.4 Å². The van der Waals surface area contributed by atoms with Gasteiger partial charge < -0.3 is 9.88 Å². The van der Waals surface area contributed by atoms with Crippen LogP contribution in [0.3, 0.4) is 0 Å². The summed E-state index contributed by atoms with van der Waals surface area (Å²) in [5.41, 5.74) is 4.45. The Morgan fingerprint density at radius 1 is 1.07 bits per heavy atom. The fourth-order valence-corrected chi connectivity index (χ4v) is 3.81. The van der Waals surface area contributed by atoms with Gasteiger partial charge in [0.25, 0.3) is 0 Å². The van der Waals surface area contributed by atoms with Crippen molar-refractivity contribution in [3.63, 3.8) is 0 Å². The van der Waals surface area contributed by atoms with Crippen molar-refractivity contribution in [2.75, 3.05) is 18.0 Å². The summed E-state index contributed by atoms with van der Waals surface area (Å²) in [7, 11) is 2.04. The van der Waals surface area contributed by atoms with E-state index < -0.39 is 0 Å². The van der Waals surface area contributed by atoms with E-state index in [1.807, 2.05) is 31.6 Å². The highest BCUT2D eigenvalue weighted by molar-refractivity contribution is 5.93. The number of imidazole rings is 1. The van der Waals surface area contributed by atoms with Crippen LogP contribution in [0, 0.1) is 0 Å². The maximum Gasteiger partial charge on any atom is 0.323 e. The van der Waals surface area contributed by atoms with Crippen LogP contribution in [0.4, 0.5) is 10.6 Å². The van der Waals surface area contributed by atoms with Gasteiger partial charge in [0.05, 0.1) is 0 Å². The third kappa shape index (κ3) is 3.92. The predicted octanol–water partition coefficient (Wildman–Crippen LogP) is 3.88. The Hall–Kier alpha value is -3.22. The van der Waals surface area contributed by atoms with Crippen LogP contribution in [0.15, 0.2) is 42.9 Å². The summed E-state index contributed by atoms with van der Waals surface area (Å²) in [5.74, 6) is 2.29. The highest BCUT2D eigenvalue weighted by Gasteiger charge is 2.23. The molecule has 1 atom stereocenters. The Bertz CT molecular complexity index is 1060. The Labute approximate surface area is 177 Å². The number of nitrogens with zero attached hydrogens (tertiary/aromatic N) is 5. The third-order valence-corrected chi connectivity index (χ3v) is 5.75. The molecule has 1 saturated heterocycles. The standard InChI is InChI=1S/C23H28N6O/c1-15(2)17-5-7-24-20(12-17)22-27-14-19(28(22)4)11-16(3)18-6-8-25-21(13-18)29-10-9-26-23(29)30/h5-8,12-16H,9-11H2,1-4H3,(H,26,30). The van der Waals surface area contributed by atoms with Crippen molar-refractivity contribution in [3.8, 4) is 11.5 Å². The molecular weight excluding hydrogens is 376 g/mol. The van der Waals surface area contributed by atoms with Crippen LogP contribution in [0.2, 0.25) is 0 Å². The van der Waals surface area contributed by atoms with Crippen LogP contribution >= 0.6 is 0 Å². The van der Waals surface area contributed by atoms with E-state index in [0.717, 1.165) is 29.2 Å². The van der Waals surface area contributed by atoms with Gasteiger partial charge in [0.2, 0.25) is 0 Å². The van der Waals surface area contributed by atoms with E-state index in [1.54, 1.807) is 11.1 Å². The smallest absolute Gasteiger partial charge is 0.323 e. The van der Waals surface area contributed by atoms with E-state index in [2.05, 4.69) is 57.7 Å². The lowest BCUT2D eigenvalue weighted by Crippen LogP contribution is -2.28. The van der Waals surface area contributed by atoms with E-state index in [4.69, 9.17) is 0 Å². The van der Waals surface area contributed by atoms with Gasteiger partial charge in [-0.2, -0.15) is 0 Å². The SMILES string of the molecule is CC(C)c1ccnc(-c2ncc(CC(C)c3ccnc(N4CCNC4=O)c3)n2C)c1. The van der Waals surface area contributed by atoms with E-state index in [-0.39, 0.29) is 11.9 Å². The number of hydrogen-bond acceptors (Lipinski definition) is 4. The number of rotatable bonds is 6. The van der Waals surface area contributed by atoms with E-state index in [9.17, 15) is 4.79 Å². The molecule has 4 heterocycles. The van der Waals surface area contributed by atoms with Crippen molar-refractivity contribution in [1.29, 1.82) is 0 Å². The van der Waals surface area contributed by atoms with Crippen LogP contribution in [-0.2, 0) is 13.5 Å². The molecule has 0 aliphatic carbocycles. The predicted molar refractivity (Wildman–Crippen MR) is 118 cm³/mol. The van der Waals surface area contributed by atoms with Crippen molar-refractivity contribution < 1.29 is 4.79 Å². The van der Waals surface area contributed by atoms with Gasteiger partial charge in [-0.1, -0.05) is 20.8 Å². The van der Waals surface area contributed by atoms with Crippen LogP contribution in [0.1, 0.15) is 49.4 Å². The molecule has 1 aliphatic heterocycles. The first-order valence-corrected chi connectivity index (χ1v) is 10.4. The maximum atomic E-state index is 12.0. The molecule has 30 heavy (non-hydrogen) atoms. The van der Waals surface area contributed by atoms with E-state index in [1.165, 1.54) is 5.56 Å². The van der Waals surface area contributed by atoms with Gasteiger partial charge in [-0.25, -0.2) is 14.8 Å². The highest BCUT2D eigenvalue weighted by Crippen LogP contribution is 2.26. The normalized spacial score (nSPS) is 15.0. The molecule has 0 spiro atoms. The lowest BCUT2D eigenvalue weighted by atomic mass is 9.97.